The van der Waals surface area contributed by atoms with Crippen LogP contribution in [0, 0.1) is 5.92 Å². The van der Waals surface area contributed by atoms with Gasteiger partial charge in [-0.1, -0.05) is 67.5 Å². The first-order valence-electron chi connectivity index (χ1n) is 19.7. The molecule has 16 heteroatoms. The number of carbonyl (C=O) groups excluding carboxylic acids is 4. The number of nitrogens with zero attached hydrogens (tertiary/aromatic N) is 4. The maximum absolute atomic E-state index is 14.6. The molecule has 2 fully saturated rings. The summed E-state index contributed by atoms with van der Waals surface area (Å²) in [4.78, 5) is 62.3. The van der Waals surface area contributed by atoms with Crippen LogP contribution in [-0.2, 0) is 29.3 Å². The Kier molecular flexibility index (Phi) is 12.1. The number of rotatable bonds is 8. The number of hydrogen-bond donors (Lipinski definition) is 3. The van der Waals surface area contributed by atoms with E-state index < -0.39 is 69.3 Å². The molecule has 3 aliphatic rings. The van der Waals surface area contributed by atoms with Gasteiger partial charge in [0.05, 0.1) is 12.1 Å². The molecule has 1 saturated carbocycles. The summed E-state index contributed by atoms with van der Waals surface area (Å²) in [6.45, 7) is 9.22. The molecule has 0 spiro atoms. The van der Waals surface area contributed by atoms with Crippen molar-refractivity contribution < 1.29 is 37.1 Å². The zero-order valence-electron chi connectivity index (χ0n) is 33.8. The number of carbonyl (C=O) groups is 4. The minimum atomic E-state index is -4.17. The molecule has 57 heavy (non-hydrogen) atoms. The molecule has 0 bridgehead atoms. The number of benzene rings is 2. The lowest BCUT2D eigenvalue weighted by molar-refractivity contribution is -0.141. The standard InChI is InChI=1S/C41H55N7O8S/c1-26(2)48-32-22-16-20-30(27-17-12-11-13-18-27)34(32)43-38(48)55-29-23-33-35(49)44-41(37(51)45-57(53,54)46(6)7)24-28(41)19-14-9-8-10-15-21-31(36(50)47(33)25-29)42-39(52)56-40(3,4)5/h11-14,16-20,22,26,28-29,31,33H,8-10,15,21,23-25H2,1-7H3,(H,42,52)(H,44,49)(H,45,51)/b19-14-/t28-,29-,31+,33+,41-/m1/s1. The Morgan fingerprint density at radius 3 is 2.46 bits per heavy atom. The number of para-hydroxylation sites is 1. The van der Waals surface area contributed by atoms with Crippen molar-refractivity contribution in [2.75, 3.05) is 20.6 Å². The van der Waals surface area contributed by atoms with Gasteiger partial charge in [0.1, 0.15) is 34.8 Å². The molecule has 3 heterocycles. The van der Waals surface area contributed by atoms with E-state index in [0.29, 0.717) is 25.3 Å². The molecule has 308 valence electrons. The van der Waals surface area contributed by atoms with Crippen molar-refractivity contribution in [3.05, 3.63) is 60.7 Å². The number of nitrogens with one attached hydrogen (secondary N) is 3. The van der Waals surface area contributed by atoms with E-state index in [9.17, 15) is 27.6 Å². The second-order valence-corrected chi connectivity index (χ2v) is 18.5. The highest BCUT2D eigenvalue weighted by Gasteiger charge is 2.62. The second-order valence-electron chi connectivity index (χ2n) is 16.6. The highest BCUT2D eigenvalue weighted by molar-refractivity contribution is 7.87. The first-order valence-corrected chi connectivity index (χ1v) is 21.1. The Labute approximate surface area is 334 Å². The molecule has 4 amide bonds. The molecule has 1 saturated heterocycles. The fourth-order valence-corrected chi connectivity index (χ4v) is 8.19. The molecule has 0 radical (unpaired) electrons. The zero-order valence-corrected chi connectivity index (χ0v) is 34.6. The van der Waals surface area contributed by atoms with Crippen LogP contribution in [0.15, 0.2) is 60.7 Å². The minimum absolute atomic E-state index is 0.0200. The summed E-state index contributed by atoms with van der Waals surface area (Å²) >= 11 is 0. The van der Waals surface area contributed by atoms with Gasteiger partial charge >= 0.3 is 16.3 Å². The normalized spacial score (nSPS) is 25.2. The van der Waals surface area contributed by atoms with E-state index in [0.717, 1.165) is 39.3 Å². The van der Waals surface area contributed by atoms with Crippen molar-refractivity contribution in [1.29, 1.82) is 0 Å². The zero-order chi connectivity index (χ0) is 41.3. The van der Waals surface area contributed by atoms with Crippen molar-refractivity contribution in [3.63, 3.8) is 0 Å². The van der Waals surface area contributed by atoms with Crippen LogP contribution in [0.1, 0.15) is 85.6 Å². The van der Waals surface area contributed by atoms with Crippen LogP contribution in [0.4, 0.5) is 4.79 Å². The number of aromatic nitrogens is 2. The molecular formula is C41H55N7O8S. The number of hydrogen-bond acceptors (Lipinski definition) is 9. The molecule has 6 rings (SSSR count). The van der Waals surface area contributed by atoms with Crippen molar-refractivity contribution in [2.45, 2.75) is 115 Å². The fraction of sp³-hybridized carbons (Fsp3) is 0.537. The van der Waals surface area contributed by atoms with Gasteiger partial charge in [-0.15, -0.1) is 0 Å². The summed E-state index contributed by atoms with van der Waals surface area (Å²) in [5.74, 6) is -2.47. The SMILES string of the molecule is CC(C)n1c(O[C@@H]2C[C@H]3C(=O)N[C@]4(C(=O)NS(=O)(=O)N(C)C)C[C@H]4/C=C\CCCCC[C@H](NC(=O)OC(C)(C)C)C(=O)N3C2)nc2c(-c3ccccc3)cccc21. The van der Waals surface area contributed by atoms with E-state index in [-0.39, 0.29) is 25.4 Å². The lowest BCUT2D eigenvalue weighted by Gasteiger charge is -2.30. The van der Waals surface area contributed by atoms with E-state index in [2.05, 4.69) is 15.4 Å². The number of imidazole rings is 1. The molecule has 1 aromatic heterocycles. The van der Waals surface area contributed by atoms with Crippen LogP contribution >= 0.6 is 0 Å². The van der Waals surface area contributed by atoms with Crippen LogP contribution in [0.3, 0.4) is 0 Å². The van der Waals surface area contributed by atoms with Crippen molar-refractivity contribution in [1.82, 2.24) is 34.1 Å². The van der Waals surface area contributed by atoms with Crippen molar-refractivity contribution in [3.8, 4) is 17.1 Å². The number of alkyl carbamates (subject to hydrolysis) is 1. The van der Waals surface area contributed by atoms with E-state index in [1.54, 1.807) is 20.8 Å². The van der Waals surface area contributed by atoms with Gasteiger partial charge in [-0.2, -0.15) is 17.7 Å². The van der Waals surface area contributed by atoms with Gasteiger partial charge in [-0.25, -0.2) is 9.52 Å². The Morgan fingerprint density at radius 1 is 1.04 bits per heavy atom. The number of allylic oxidation sites excluding steroid dienone is 1. The Bertz CT molecular complexity index is 2130. The highest BCUT2D eigenvalue weighted by atomic mass is 32.2. The third-order valence-electron chi connectivity index (χ3n) is 10.6. The summed E-state index contributed by atoms with van der Waals surface area (Å²) in [6.07, 6.45) is 5.66. The molecule has 0 unspecified atom stereocenters. The predicted octanol–water partition coefficient (Wildman–Crippen LogP) is 4.84. The largest absolute Gasteiger partial charge is 0.459 e. The average Bonchev–Trinajstić information content (AvgIpc) is 3.46. The molecule has 15 nitrogen and oxygen atoms in total. The van der Waals surface area contributed by atoms with Gasteiger partial charge in [0.25, 0.3) is 11.9 Å². The smallest absolute Gasteiger partial charge is 0.408 e. The summed E-state index contributed by atoms with van der Waals surface area (Å²) in [5, 5.41) is 5.63. The van der Waals surface area contributed by atoms with Crippen LogP contribution < -0.4 is 20.1 Å². The van der Waals surface area contributed by atoms with E-state index >= 15 is 0 Å². The number of amides is 4. The maximum Gasteiger partial charge on any atom is 0.408 e. The lowest BCUT2D eigenvalue weighted by atomic mass is 10.0. The van der Waals surface area contributed by atoms with E-state index in [4.69, 9.17) is 14.5 Å². The lowest BCUT2D eigenvalue weighted by Crippen LogP contribution is -2.58. The molecule has 3 aromatic rings. The monoisotopic (exact) mass is 805 g/mol. The first-order chi connectivity index (χ1) is 26.9. The maximum atomic E-state index is 14.6. The van der Waals surface area contributed by atoms with Gasteiger partial charge in [0, 0.05) is 38.0 Å². The topological polar surface area (TPSA) is 181 Å². The molecule has 1 aliphatic carbocycles. The van der Waals surface area contributed by atoms with Gasteiger partial charge < -0.3 is 25.0 Å². The highest BCUT2D eigenvalue weighted by Crippen LogP contribution is 2.46. The predicted molar refractivity (Wildman–Crippen MR) is 215 cm³/mol. The van der Waals surface area contributed by atoms with Crippen molar-refractivity contribution in [2.24, 2.45) is 5.92 Å². The Balaban J connectivity index is 1.36. The Morgan fingerprint density at radius 2 is 1.77 bits per heavy atom. The van der Waals surface area contributed by atoms with Gasteiger partial charge in [-0.3, -0.25) is 19.0 Å². The van der Waals surface area contributed by atoms with Crippen LogP contribution in [0.2, 0.25) is 0 Å². The van der Waals surface area contributed by atoms with Crippen LogP contribution in [0.25, 0.3) is 22.2 Å². The summed E-state index contributed by atoms with van der Waals surface area (Å²) < 4.78 is 42.7. The molecule has 2 aromatic carbocycles. The van der Waals surface area contributed by atoms with Gasteiger partial charge in [-0.05, 0) is 71.9 Å². The molecule has 3 N–H and O–H groups in total. The third kappa shape index (κ3) is 9.27. The molecular weight excluding hydrogens is 751 g/mol. The first kappa shape index (κ1) is 41.7. The van der Waals surface area contributed by atoms with Crippen molar-refractivity contribution >= 4 is 45.1 Å². The summed E-state index contributed by atoms with van der Waals surface area (Å²) in [7, 11) is -1.58. The van der Waals surface area contributed by atoms with E-state index in [1.165, 1.54) is 19.0 Å². The summed E-state index contributed by atoms with van der Waals surface area (Å²) in [6, 6.07) is 14.0. The van der Waals surface area contributed by atoms with E-state index in [1.807, 2.05) is 79.1 Å². The number of fused-ring (bicyclic) bond motifs is 3. The quantitative estimate of drug-likeness (QED) is 0.269. The number of ether oxygens (including phenoxy) is 2. The second kappa shape index (κ2) is 16.5. The van der Waals surface area contributed by atoms with Gasteiger partial charge in [0.15, 0.2) is 0 Å². The average molecular weight is 806 g/mol. The molecule has 2 aliphatic heterocycles. The minimum Gasteiger partial charge on any atom is -0.459 e. The molecule has 5 atom stereocenters. The summed E-state index contributed by atoms with van der Waals surface area (Å²) in [5.41, 5.74) is 1.15. The van der Waals surface area contributed by atoms with Gasteiger partial charge in [0.2, 0.25) is 11.8 Å². The van der Waals surface area contributed by atoms with Crippen LogP contribution in [-0.4, -0.2) is 101 Å². The van der Waals surface area contributed by atoms with Crippen LogP contribution in [0.5, 0.6) is 6.01 Å². The Hall–Kier alpha value is -4.96. The fourth-order valence-electron chi connectivity index (χ4n) is 7.59. The third-order valence-corrected chi connectivity index (χ3v) is 12.0.